The highest BCUT2D eigenvalue weighted by molar-refractivity contribution is 5.71. The van der Waals surface area contributed by atoms with Crippen LogP contribution in [0, 0.1) is 0 Å². The maximum Gasteiger partial charge on any atom is 0.410 e. The number of carbonyl (C=O) groups excluding carboxylic acids is 2. The number of hydrogen-bond donors (Lipinski definition) is 0. The van der Waals surface area contributed by atoms with Crippen molar-refractivity contribution in [1.29, 1.82) is 0 Å². The number of ether oxygens (including phenoxy) is 3. The highest BCUT2D eigenvalue weighted by Gasteiger charge is 2.35. The Morgan fingerprint density at radius 2 is 1.61 bits per heavy atom. The lowest BCUT2D eigenvalue weighted by atomic mass is 10.1. The average Bonchev–Trinajstić information content (AvgIpc) is 2.80. The lowest BCUT2D eigenvalue weighted by Gasteiger charge is -2.41. The van der Waals surface area contributed by atoms with Crippen LogP contribution in [-0.4, -0.2) is 59.9 Å². The first-order chi connectivity index (χ1) is 15.8. The summed E-state index contributed by atoms with van der Waals surface area (Å²) < 4.78 is 16.9. The SMILES string of the molecule is CC(C)(C)OC(=O)N1CCN(C(=O)OCc2ccccc2)C[C@H]1CCCOc1ccccc1. The van der Waals surface area contributed by atoms with Gasteiger partial charge in [0.1, 0.15) is 18.0 Å². The fourth-order valence-electron chi connectivity index (χ4n) is 3.67. The molecule has 0 spiro atoms. The summed E-state index contributed by atoms with van der Waals surface area (Å²) in [6.45, 7) is 7.52. The van der Waals surface area contributed by atoms with Crippen LogP contribution in [0.25, 0.3) is 0 Å². The molecule has 2 amide bonds. The summed E-state index contributed by atoms with van der Waals surface area (Å²) in [5.41, 5.74) is 0.358. The zero-order valence-corrected chi connectivity index (χ0v) is 19.7. The third-order valence-corrected chi connectivity index (χ3v) is 5.27. The van der Waals surface area contributed by atoms with E-state index in [1.54, 1.807) is 9.80 Å². The van der Waals surface area contributed by atoms with Crippen LogP contribution in [0.4, 0.5) is 9.59 Å². The molecule has 1 aliphatic heterocycles. The van der Waals surface area contributed by atoms with Crippen molar-refractivity contribution in [3.8, 4) is 5.75 Å². The molecule has 0 bridgehead atoms. The zero-order chi connectivity index (χ0) is 23.7. The fourth-order valence-corrected chi connectivity index (χ4v) is 3.67. The molecular formula is C26H34N2O5. The first-order valence-corrected chi connectivity index (χ1v) is 11.4. The highest BCUT2D eigenvalue weighted by Crippen LogP contribution is 2.20. The molecule has 0 aliphatic carbocycles. The Morgan fingerprint density at radius 3 is 2.27 bits per heavy atom. The molecule has 7 heteroatoms. The molecule has 1 saturated heterocycles. The van der Waals surface area contributed by atoms with Crippen LogP contribution in [-0.2, 0) is 16.1 Å². The second-order valence-electron chi connectivity index (χ2n) is 9.12. The van der Waals surface area contributed by atoms with Crippen molar-refractivity contribution in [3.05, 3.63) is 66.2 Å². The van der Waals surface area contributed by atoms with Gasteiger partial charge in [-0.25, -0.2) is 9.59 Å². The Bertz CT molecular complexity index is 883. The lowest BCUT2D eigenvalue weighted by Crippen LogP contribution is -2.57. The normalized spacial score (nSPS) is 16.3. The Balaban J connectivity index is 1.57. The van der Waals surface area contributed by atoms with E-state index in [2.05, 4.69) is 0 Å². The molecule has 0 saturated carbocycles. The molecule has 7 nitrogen and oxygen atoms in total. The van der Waals surface area contributed by atoms with Gasteiger partial charge in [-0.15, -0.1) is 0 Å². The maximum atomic E-state index is 12.8. The largest absolute Gasteiger partial charge is 0.494 e. The Morgan fingerprint density at radius 1 is 0.939 bits per heavy atom. The molecular weight excluding hydrogens is 420 g/mol. The average molecular weight is 455 g/mol. The summed E-state index contributed by atoms with van der Waals surface area (Å²) in [4.78, 5) is 28.9. The quantitative estimate of drug-likeness (QED) is 0.544. The van der Waals surface area contributed by atoms with Crippen molar-refractivity contribution in [2.75, 3.05) is 26.2 Å². The highest BCUT2D eigenvalue weighted by atomic mass is 16.6. The van der Waals surface area contributed by atoms with Crippen LogP contribution in [0.1, 0.15) is 39.2 Å². The van der Waals surface area contributed by atoms with E-state index in [0.717, 1.165) is 17.7 Å². The number of para-hydroxylation sites is 1. The van der Waals surface area contributed by atoms with E-state index in [1.807, 2.05) is 81.4 Å². The summed E-state index contributed by atoms with van der Waals surface area (Å²) >= 11 is 0. The molecule has 0 N–H and O–H groups in total. The number of rotatable bonds is 7. The van der Waals surface area contributed by atoms with Gasteiger partial charge in [-0.1, -0.05) is 48.5 Å². The molecule has 1 atom stereocenters. The van der Waals surface area contributed by atoms with Crippen molar-refractivity contribution < 1.29 is 23.8 Å². The summed E-state index contributed by atoms with van der Waals surface area (Å²) in [6, 6.07) is 19.1. The number of benzene rings is 2. The van der Waals surface area contributed by atoms with Gasteiger partial charge in [0, 0.05) is 19.6 Å². The van der Waals surface area contributed by atoms with E-state index in [1.165, 1.54) is 0 Å². The minimum absolute atomic E-state index is 0.169. The van der Waals surface area contributed by atoms with E-state index in [-0.39, 0.29) is 24.8 Å². The van der Waals surface area contributed by atoms with E-state index in [0.29, 0.717) is 32.7 Å². The molecule has 0 unspecified atom stereocenters. The third-order valence-electron chi connectivity index (χ3n) is 5.27. The Hall–Kier alpha value is -3.22. The second-order valence-corrected chi connectivity index (χ2v) is 9.12. The van der Waals surface area contributed by atoms with E-state index in [4.69, 9.17) is 14.2 Å². The molecule has 178 valence electrons. The molecule has 0 radical (unpaired) electrons. The smallest absolute Gasteiger partial charge is 0.410 e. The maximum absolute atomic E-state index is 12.8. The van der Waals surface area contributed by atoms with Crippen LogP contribution in [0.15, 0.2) is 60.7 Å². The van der Waals surface area contributed by atoms with E-state index >= 15 is 0 Å². The van der Waals surface area contributed by atoms with Crippen molar-refractivity contribution in [1.82, 2.24) is 9.80 Å². The minimum atomic E-state index is -0.580. The van der Waals surface area contributed by atoms with Crippen molar-refractivity contribution in [3.63, 3.8) is 0 Å². The summed E-state index contributed by atoms with van der Waals surface area (Å²) in [7, 11) is 0. The first-order valence-electron chi connectivity index (χ1n) is 11.4. The number of piperazine rings is 1. The van der Waals surface area contributed by atoms with Gasteiger partial charge >= 0.3 is 12.2 Å². The van der Waals surface area contributed by atoms with Crippen LogP contribution >= 0.6 is 0 Å². The van der Waals surface area contributed by atoms with Crippen molar-refractivity contribution >= 4 is 12.2 Å². The van der Waals surface area contributed by atoms with Crippen LogP contribution in [0.2, 0.25) is 0 Å². The molecule has 0 aromatic heterocycles. The van der Waals surface area contributed by atoms with Crippen LogP contribution in [0.5, 0.6) is 5.75 Å². The minimum Gasteiger partial charge on any atom is -0.494 e. The summed E-state index contributed by atoms with van der Waals surface area (Å²) in [5.74, 6) is 0.816. The van der Waals surface area contributed by atoms with Gasteiger partial charge in [0.05, 0.1) is 12.6 Å². The van der Waals surface area contributed by atoms with Crippen LogP contribution in [0.3, 0.4) is 0 Å². The van der Waals surface area contributed by atoms with Crippen molar-refractivity contribution in [2.24, 2.45) is 0 Å². The fraction of sp³-hybridized carbons (Fsp3) is 0.462. The zero-order valence-electron chi connectivity index (χ0n) is 19.7. The second kappa shape index (κ2) is 11.6. The lowest BCUT2D eigenvalue weighted by molar-refractivity contribution is -0.00514. The summed E-state index contributed by atoms with van der Waals surface area (Å²) in [6.07, 6.45) is 0.710. The monoisotopic (exact) mass is 454 g/mol. The predicted octanol–water partition coefficient (Wildman–Crippen LogP) is 5.10. The predicted molar refractivity (Wildman–Crippen MR) is 126 cm³/mol. The number of hydrogen-bond acceptors (Lipinski definition) is 5. The number of nitrogens with zero attached hydrogens (tertiary/aromatic N) is 2. The van der Waals surface area contributed by atoms with Gasteiger partial charge in [-0.2, -0.15) is 0 Å². The van der Waals surface area contributed by atoms with E-state index in [9.17, 15) is 9.59 Å². The van der Waals surface area contributed by atoms with Crippen LogP contribution < -0.4 is 4.74 Å². The first kappa shape index (κ1) is 24.4. The Kier molecular flexibility index (Phi) is 8.58. The molecule has 3 rings (SSSR count). The number of amides is 2. The Labute approximate surface area is 196 Å². The molecule has 2 aromatic carbocycles. The molecule has 1 fully saturated rings. The van der Waals surface area contributed by atoms with Gasteiger partial charge in [0.2, 0.25) is 0 Å². The van der Waals surface area contributed by atoms with Gasteiger partial charge < -0.3 is 24.0 Å². The van der Waals surface area contributed by atoms with Gasteiger partial charge in [-0.05, 0) is 51.3 Å². The van der Waals surface area contributed by atoms with Gasteiger partial charge in [0.25, 0.3) is 0 Å². The topological polar surface area (TPSA) is 68.3 Å². The van der Waals surface area contributed by atoms with Gasteiger partial charge in [-0.3, -0.25) is 0 Å². The molecule has 1 heterocycles. The van der Waals surface area contributed by atoms with Crippen molar-refractivity contribution in [2.45, 2.75) is 51.9 Å². The standard InChI is InChI=1S/C26H34N2O5/c1-26(2,3)33-25(30)28-17-16-27(24(29)32-20-21-11-6-4-7-12-21)19-22(28)13-10-18-31-23-14-8-5-9-15-23/h4-9,11-12,14-15,22H,10,13,16-20H2,1-3H3/t22-/m1/s1. The molecule has 33 heavy (non-hydrogen) atoms. The van der Waals surface area contributed by atoms with Gasteiger partial charge in [0.15, 0.2) is 0 Å². The molecule has 1 aliphatic rings. The number of carbonyl (C=O) groups is 2. The van der Waals surface area contributed by atoms with E-state index < -0.39 is 5.60 Å². The third kappa shape index (κ3) is 8.00. The molecule has 2 aromatic rings. The summed E-state index contributed by atoms with van der Waals surface area (Å²) in [5, 5.41) is 0.